The summed E-state index contributed by atoms with van der Waals surface area (Å²) in [6, 6.07) is 16.8. The van der Waals surface area contributed by atoms with Crippen LogP contribution in [0.1, 0.15) is 24.6 Å². The van der Waals surface area contributed by atoms with Crippen LogP contribution < -0.4 is 0 Å². The Morgan fingerprint density at radius 1 is 1.24 bits per heavy atom. The normalized spacial score (nSPS) is 13.0. The molecule has 4 nitrogen and oxygen atoms in total. The van der Waals surface area contributed by atoms with Crippen molar-refractivity contribution < 1.29 is 9.53 Å². The molecule has 0 saturated carbocycles. The third-order valence-corrected chi connectivity index (χ3v) is 3.27. The summed E-state index contributed by atoms with van der Waals surface area (Å²) < 4.78 is 5.02. The number of benzene rings is 1. The molecule has 1 atom stereocenters. The summed E-state index contributed by atoms with van der Waals surface area (Å²) in [5.41, 5.74) is 0.153. The Morgan fingerprint density at radius 3 is 2.52 bits per heavy atom. The number of carbonyl (C=O) groups is 1. The van der Waals surface area contributed by atoms with Gasteiger partial charge in [0.1, 0.15) is 5.41 Å². The number of nitriles is 1. The van der Waals surface area contributed by atoms with Crippen LogP contribution in [0.2, 0.25) is 0 Å². The van der Waals surface area contributed by atoms with Gasteiger partial charge in [0, 0.05) is 6.20 Å². The molecule has 0 aliphatic carbocycles. The Bertz CT molecular complexity index is 593. The Morgan fingerprint density at radius 2 is 1.95 bits per heavy atom. The lowest BCUT2D eigenvalue weighted by Gasteiger charge is -2.25. The van der Waals surface area contributed by atoms with Gasteiger partial charge in [-0.25, -0.2) is 0 Å². The molecule has 21 heavy (non-hydrogen) atoms. The first-order chi connectivity index (χ1) is 10.2. The molecule has 106 valence electrons. The van der Waals surface area contributed by atoms with Gasteiger partial charge in [-0.3, -0.25) is 9.78 Å². The van der Waals surface area contributed by atoms with Gasteiger partial charge >= 0.3 is 5.97 Å². The summed E-state index contributed by atoms with van der Waals surface area (Å²) >= 11 is 0. The topological polar surface area (TPSA) is 63.0 Å². The number of aromatic nitrogens is 1. The van der Waals surface area contributed by atoms with Gasteiger partial charge in [-0.1, -0.05) is 36.4 Å². The second-order valence-corrected chi connectivity index (χ2v) is 4.58. The third-order valence-electron chi connectivity index (χ3n) is 3.27. The van der Waals surface area contributed by atoms with Crippen molar-refractivity contribution in [3.63, 3.8) is 0 Å². The number of pyridine rings is 1. The summed E-state index contributed by atoms with van der Waals surface area (Å²) in [6.07, 6.45) is 1.56. The second-order valence-electron chi connectivity index (χ2n) is 4.58. The van der Waals surface area contributed by atoms with Crippen molar-refractivity contribution in [1.82, 2.24) is 4.98 Å². The number of nitrogens with zero attached hydrogens (tertiary/aromatic N) is 2. The molecule has 1 unspecified atom stereocenters. The average Bonchev–Trinajstić information content (AvgIpc) is 2.54. The monoisotopic (exact) mass is 280 g/mol. The molecule has 2 aromatic rings. The van der Waals surface area contributed by atoms with Crippen LogP contribution >= 0.6 is 0 Å². The van der Waals surface area contributed by atoms with E-state index in [1.54, 1.807) is 25.3 Å². The average molecular weight is 280 g/mol. The molecule has 0 saturated heterocycles. The predicted octanol–water partition coefficient (Wildman–Crippen LogP) is 2.84. The predicted molar refractivity (Wildman–Crippen MR) is 78.3 cm³/mol. The minimum Gasteiger partial charge on any atom is -0.466 e. The zero-order chi connectivity index (χ0) is 15.1. The lowest BCUT2D eigenvalue weighted by atomic mass is 9.76. The van der Waals surface area contributed by atoms with Crippen LogP contribution in [0, 0.1) is 11.3 Å². The van der Waals surface area contributed by atoms with Crippen molar-refractivity contribution in [2.75, 3.05) is 6.61 Å². The highest BCUT2D eigenvalue weighted by molar-refractivity contribution is 5.74. The lowest BCUT2D eigenvalue weighted by molar-refractivity contribution is -0.143. The molecule has 0 aliphatic rings. The Labute approximate surface area is 124 Å². The van der Waals surface area contributed by atoms with Crippen molar-refractivity contribution in [1.29, 1.82) is 5.26 Å². The largest absolute Gasteiger partial charge is 0.466 e. The van der Waals surface area contributed by atoms with Gasteiger partial charge in [-0.2, -0.15) is 5.26 Å². The van der Waals surface area contributed by atoms with E-state index in [4.69, 9.17) is 4.74 Å². The SMILES string of the molecule is CCOC(=O)CC(C#N)(c1ccccc1)c1ccccn1. The number of esters is 1. The first-order valence-electron chi connectivity index (χ1n) is 6.77. The van der Waals surface area contributed by atoms with Crippen molar-refractivity contribution in [2.24, 2.45) is 0 Å². The molecule has 1 aromatic carbocycles. The highest BCUT2D eigenvalue weighted by Crippen LogP contribution is 2.34. The maximum Gasteiger partial charge on any atom is 0.308 e. The quantitative estimate of drug-likeness (QED) is 0.790. The van der Waals surface area contributed by atoms with Gasteiger partial charge in [-0.15, -0.1) is 0 Å². The number of hydrogen-bond donors (Lipinski definition) is 0. The molecule has 0 N–H and O–H groups in total. The number of rotatable bonds is 5. The van der Waals surface area contributed by atoms with Gasteiger partial charge in [0.25, 0.3) is 0 Å². The van der Waals surface area contributed by atoms with Crippen LogP contribution in [-0.4, -0.2) is 17.6 Å². The van der Waals surface area contributed by atoms with Gasteiger partial charge in [-0.05, 0) is 24.6 Å². The van der Waals surface area contributed by atoms with Crippen molar-refractivity contribution >= 4 is 5.97 Å². The van der Waals surface area contributed by atoms with E-state index in [2.05, 4.69) is 11.1 Å². The van der Waals surface area contributed by atoms with Gasteiger partial charge in [0.05, 0.1) is 24.8 Å². The van der Waals surface area contributed by atoms with Crippen molar-refractivity contribution in [3.05, 3.63) is 66.0 Å². The fourth-order valence-electron chi connectivity index (χ4n) is 2.27. The first-order valence-corrected chi connectivity index (χ1v) is 6.77. The van der Waals surface area contributed by atoms with E-state index < -0.39 is 11.4 Å². The third kappa shape index (κ3) is 3.09. The first kappa shape index (κ1) is 14.7. The molecule has 4 heteroatoms. The molecule has 2 rings (SSSR count). The van der Waals surface area contributed by atoms with E-state index in [1.165, 1.54) is 0 Å². The van der Waals surface area contributed by atoms with Crippen LogP contribution in [-0.2, 0) is 14.9 Å². The molecule has 0 radical (unpaired) electrons. The Hall–Kier alpha value is -2.67. The zero-order valence-corrected chi connectivity index (χ0v) is 11.8. The van der Waals surface area contributed by atoms with E-state index in [0.717, 1.165) is 5.56 Å². The summed E-state index contributed by atoms with van der Waals surface area (Å²) in [5, 5.41) is 9.80. The fraction of sp³-hybridized carbons (Fsp3) is 0.235. The standard InChI is InChI=1S/C17H16N2O2/c1-2-21-16(20)12-17(13-18,14-8-4-3-5-9-14)15-10-6-7-11-19-15/h3-11H,2,12H2,1H3. The van der Waals surface area contributed by atoms with Gasteiger partial charge in [0.15, 0.2) is 0 Å². The molecule has 1 heterocycles. The molecule has 0 amide bonds. The summed E-state index contributed by atoms with van der Waals surface area (Å²) in [5.74, 6) is -0.409. The van der Waals surface area contributed by atoms with Crippen molar-refractivity contribution in [3.8, 4) is 6.07 Å². The summed E-state index contributed by atoms with van der Waals surface area (Å²) in [4.78, 5) is 16.2. The minimum atomic E-state index is -1.13. The van der Waals surface area contributed by atoms with Gasteiger partial charge in [0.2, 0.25) is 0 Å². The van der Waals surface area contributed by atoms with E-state index in [0.29, 0.717) is 5.69 Å². The van der Waals surface area contributed by atoms with E-state index in [1.807, 2.05) is 36.4 Å². The smallest absolute Gasteiger partial charge is 0.308 e. The van der Waals surface area contributed by atoms with Crippen LogP contribution in [0.5, 0.6) is 0 Å². The molecule has 0 spiro atoms. The molecular weight excluding hydrogens is 264 g/mol. The molecule has 0 bridgehead atoms. The maximum absolute atomic E-state index is 12.0. The minimum absolute atomic E-state index is 0.0572. The van der Waals surface area contributed by atoms with E-state index in [-0.39, 0.29) is 13.0 Å². The van der Waals surface area contributed by atoms with Crippen LogP contribution in [0.25, 0.3) is 0 Å². The fourth-order valence-corrected chi connectivity index (χ4v) is 2.27. The lowest BCUT2D eigenvalue weighted by Crippen LogP contribution is -2.31. The second kappa shape index (κ2) is 6.67. The Balaban J connectivity index is 2.53. The van der Waals surface area contributed by atoms with Crippen LogP contribution in [0.15, 0.2) is 54.7 Å². The van der Waals surface area contributed by atoms with E-state index >= 15 is 0 Å². The zero-order valence-electron chi connectivity index (χ0n) is 11.8. The molecule has 0 fully saturated rings. The van der Waals surface area contributed by atoms with Crippen LogP contribution in [0.4, 0.5) is 0 Å². The Kier molecular flexibility index (Phi) is 4.68. The number of ether oxygens (including phenoxy) is 1. The number of hydrogen-bond acceptors (Lipinski definition) is 4. The molecule has 1 aromatic heterocycles. The maximum atomic E-state index is 12.0. The van der Waals surface area contributed by atoms with Crippen LogP contribution in [0.3, 0.4) is 0 Å². The van der Waals surface area contributed by atoms with Gasteiger partial charge < -0.3 is 4.74 Å². The van der Waals surface area contributed by atoms with E-state index in [9.17, 15) is 10.1 Å². The highest BCUT2D eigenvalue weighted by Gasteiger charge is 2.38. The molecular formula is C17H16N2O2. The highest BCUT2D eigenvalue weighted by atomic mass is 16.5. The molecule has 0 aliphatic heterocycles. The summed E-state index contributed by atoms with van der Waals surface area (Å²) in [6.45, 7) is 2.03. The summed E-state index contributed by atoms with van der Waals surface area (Å²) in [7, 11) is 0. The number of carbonyl (C=O) groups excluding carboxylic acids is 1. The van der Waals surface area contributed by atoms with Crippen molar-refractivity contribution in [2.45, 2.75) is 18.8 Å².